The molecule has 0 saturated heterocycles. The number of halogens is 4. The Kier molecular flexibility index (Phi) is 8.07. The lowest BCUT2D eigenvalue weighted by atomic mass is 10.2. The average Bonchev–Trinajstić information content (AvgIpc) is 2.60. The third kappa shape index (κ3) is 6.59. The van der Waals surface area contributed by atoms with E-state index in [2.05, 4.69) is 38.5 Å². The summed E-state index contributed by atoms with van der Waals surface area (Å²) in [6.45, 7) is 0. The van der Waals surface area contributed by atoms with E-state index in [9.17, 15) is 14.9 Å². The molecule has 0 aliphatic carbocycles. The second-order valence-electron chi connectivity index (χ2n) is 5.33. The van der Waals surface area contributed by atoms with Gasteiger partial charge in [-0.1, -0.05) is 53.0 Å². The number of anilines is 1. The van der Waals surface area contributed by atoms with Crippen LogP contribution in [0.1, 0.15) is 10.4 Å². The molecule has 0 saturated carbocycles. The van der Waals surface area contributed by atoms with E-state index >= 15 is 0 Å². The first kappa shape index (κ1) is 22.9. The van der Waals surface area contributed by atoms with Crippen LogP contribution in [0.4, 0.5) is 11.4 Å². The minimum Gasteiger partial charge on any atom is -0.339 e. The normalized spacial score (nSPS) is 12.0. The standard InChI is InChI=1S/C16H12Cl3IN4O3S/c17-16(18,19)14(22-13(25)9-4-3-5-10(20)8-9)23-15(28)21-11-6-1-2-7-12(11)24(26)27/h1-8,14H,(H,22,25)(H2,21,23,28). The monoisotopic (exact) mass is 572 g/mol. The maximum atomic E-state index is 12.5. The van der Waals surface area contributed by atoms with Crippen molar-refractivity contribution >= 4 is 92.0 Å². The van der Waals surface area contributed by atoms with Crippen LogP contribution in [0.25, 0.3) is 0 Å². The van der Waals surface area contributed by atoms with Crippen LogP contribution in [0, 0.1) is 13.7 Å². The molecule has 1 amide bonds. The molecule has 2 rings (SSSR count). The first-order chi connectivity index (χ1) is 13.1. The van der Waals surface area contributed by atoms with Crippen LogP contribution < -0.4 is 16.0 Å². The molecule has 1 atom stereocenters. The number of nitro groups is 1. The molecule has 0 spiro atoms. The van der Waals surface area contributed by atoms with Crippen LogP contribution in [-0.4, -0.2) is 25.9 Å². The molecule has 148 valence electrons. The number of nitrogens with one attached hydrogen (secondary N) is 3. The number of hydrogen-bond acceptors (Lipinski definition) is 4. The van der Waals surface area contributed by atoms with Gasteiger partial charge >= 0.3 is 0 Å². The number of thiocarbonyl (C=S) groups is 1. The number of carbonyl (C=O) groups is 1. The Hall–Kier alpha value is -1.40. The summed E-state index contributed by atoms with van der Waals surface area (Å²) in [7, 11) is 0. The summed E-state index contributed by atoms with van der Waals surface area (Å²) >= 11 is 25.1. The van der Waals surface area contributed by atoms with E-state index in [1.54, 1.807) is 24.3 Å². The molecule has 0 fully saturated rings. The van der Waals surface area contributed by atoms with Gasteiger partial charge in [-0.15, -0.1) is 0 Å². The van der Waals surface area contributed by atoms with E-state index in [1.165, 1.54) is 18.2 Å². The number of alkyl halides is 3. The lowest BCUT2D eigenvalue weighted by molar-refractivity contribution is -0.383. The fraction of sp³-hybridized carbons (Fsp3) is 0.125. The molecule has 0 aliphatic rings. The van der Waals surface area contributed by atoms with Crippen LogP contribution in [0.3, 0.4) is 0 Å². The summed E-state index contributed by atoms with van der Waals surface area (Å²) in [5.74, 6) is -0.490. The molecular weight excluding hydrogens is 562 g/mol. The van der Waals surface area contributed by atoms with Gasteiger partial charge in [-0.2, -0.15) is 0 Å². The molecule has 28 heavy (non-hydrogen) atoms. The Morgan fingerprint density at radius 1 is 1.14 bits per heavy atom. The highest BCUT2D eigenvalue weighted by Gasteiger charge is 2.35. The Morgan fingerprint density at radius 3 is 2.43 bits per heavy atom. The number of benzene rings is 2. The van der Waals surface area contributed by atoms with Crippen molar-refractivity contribution in [3.8, 4) is 0 Å². The number of hydrogen-bond donors (Lipinski definition) is 3. The maximum Gasteiger partial charge on any atom is 0.292 e. The summed E-state index contributed by atoms with van der Waals surface area (Å²) in [5, 5.41) is 18.9. The van der Waals surface area contributed by atoms with Crippen LogP contribution in [0.5, 0.6) is 0 Å². The van der Waals surface area contributed by atoms with Crippen molar-refractivity contribution in [1.82, 2.24) is 10.6 Å². The second-order valence-corrected chi connectivity index (χ2v) is 9.35. The van der Waals surface area contributed by atoms with Gasteiger partial charge in [0.1, 0.15) is 11.9 Å². The summed E-state index contributed by atoms with van der Waals surface area (Å²) in [6, 6.07) is 12.7. The average molecular weight is 574 g/mol. The summed E-state index contributed by atoms with van der Waals surface area (Å²) < 4.78 is -1.09. The molecule has 12 heteroatoms. The van der Waals surface area contributed by atoms with Gasteiger partial charge in [-0.3, -0.25) is 14.9 Å². The molecular formula is C16H12Cl3IN4O3S. The molecule has 3 N–H and O–H groups in total. The van der Waals surface area contributed by atoms with Gasteiger partial charge in [0.25, 0.3) is 11.6 Å². The number of nitro benzene ring substituents is 1. The lowest BCUT2D eigenvalue weighted by Crippen LogP contribution is -2.56. The quantitative estimate of drug-likeness (QED) is 0.121. The van der Waals surface area contributed by atoms with Crippen molar-refractivity contribution in [1.29, 1.82) is 0 Å². The van der Waals surface area contributed by atoms with Gasteiger partial charge in [0.2, 0.25) is 3.79 Å². The van der Waals surface area contributed by atoms with Crippen LogP contribution in [-0.2, 0) is 0 Å². The first-order valence-electron chi connectivity index (χ1n) is 7.52. The predicted molar refractivity (Wildman–Crippen MR) is 123 cm³/mol. The zero-order valence-corrected chi connectivity index (χ0v) is 19.0. The van der Waals surface area contributed by atoms with Crippen LogP contribution >= 0.6 is 69.6 Å². The Bertz CT molecular complexity index is 911. The molecule has 0 bridgehead atoms. The lowest BCUT2D eigenvalue weighted by Gasteiger charge is -2.27. The smallest absolute Gasteiger partial charge is 0.292 e. The van der Waals surface area contributed by atoms with E-state index in [0.29, 0.717) is 5.56 Å². The van der Waals surface area contributed by atoms with E-state index in [4.69, 9.17) is 47.0 Å². The summed E-state index contributed by atoms with van der Waals surface area (Å²) in [5.41, 5.74) is 0.336. The zero-order chi connectivity index (χ0) is 20.9. The van der Waals surface area contributed by atoms with Crippen molar-refractivity contribution < 1.29 is 9.72 Å². The maximum absolute atomic E-state index is 12.5. The fourth-order valence-corrected chi connectivity index (χ4v) is 3.17. The third-order valence-electron chi connectivity index (χ3n) is 3.31. The topological polar surface area (TPSA) is 96.3 Å². The highest BCUT2D eigenvalue weighted by Crippen LogP contribution is 2.30. The molecule has 0 aromatic heterocycles. The summed E-state index contributed by atoms with van der Waals surface area (Å²) in [6.07, 6.45) is -1.20. The first-order valence-corrected chi connectivity index (χ1v) is 10.1. The minimum absolute atomic E-state index is 0.0754. The van der Waals surface area contributed by atoms with Crippen molar-refractivity contribution in [3.63, 3.8) is 0 Å². The van der Waals surface area contributed by atoms with E-state index < -0.39 is 20.8 Å². The second kappa shape index (κ2) is 9.88. The van der Waals surface area contributed by atoms with Crippen LogP contribution in [0.15, 0.2) is 48.5 Å². The van der Waals surface area contributed by atoms with Crippen molar-refractivity contribution in [2.45, 2.75) is 9.96 Å². The van der Waals surface area contributed by atoms with Gasteiger partial charge < -0.3 is 16.0 Å². The zero-order valence-electron chi connectivity index (χ0n) is 13.8. The van der Waals surface area contributed by atoms with Crippen molar-refractivity contribution in [3.05, 3.63) is 67.8 Å². The SMILES string of the molecule is O=C(NC(NC(=S)Nc1ccccc1[N+](=O)[O-])C(Cl)(Cl)Cl)c1cccc(I)c1. The molecule has 0 heterocycles. The number of carbonyl (C=O) groups excluding carboxylic acids is 1. The fourth-order valence-electron chi connectivity index (χ4n) is 2.07. The Balaban J connectivity index is 2.13. The summed E-state index contributed by atoms with van der Waals surface area (Å²) in [4.78, 5) is 23.0. The largest absolute Gasteiger partial charge is 0.339 e. The number of rotatable bonds is 5. The molecule has 0 radical (unpaired) electrons. The van der Waals surface area contributed by atoms with Crippen molar-refractivity contribution in [2.24, 2.45) is 0 Å². The van der Waals surface area contributed by atoms with Gasteiger partial charge in [0.15, 0.2) is 5.11 Å². The molecule has 2 aromatic carbocycles. The Labute approximate surface area is 194 Å². The molecule has 1 unspecified atom stereocenters. The van der Waals surface area contributed by atoms with Crippen molar-refractivity contribution in [2.75, 3.05) is 5.32 Å². The van der Waals surface area contributed by atoms with Gasteiger partial charge in [0.05, 0.1) is 4.92 Å². The van der Waals surface area contributed by atoms with E-state index in [0.717, 1.165) is 3.57 Å². The number of para-hydroxylation sites is 2. The van der Waals surface area contributed by atoms with Gasteiger partial charge in [0, 0.05) is 15.2 Å². The number of amides is 1. The van der Waals surface area contributed by atoms with E-state index in [1.807, 2.05) is 6.07 Å². The van der Waals surface area contributed by atoms with Gasteiger partial charge in [-0.25, -0.2) is 0 Å². The van der Waals surface area contributed by atoms with Gasteiger partial charge in [-0.05, 0) is 59.1 Å². The minimum atomic E-state index is -1.95. The highest BCUT2D eigenvalue weighted by atomic mass is 127. The molecule has 0 aliphatic heterocycles. The molecule has 7 nitrogen and oxygen atoms in total. The third-order valence-corrected chi connectivity index (χ3v) is 4.86. The van der Waals surface area contributed by atoms with Crippen LogP contribution in [0.2, 0.25) is 0 Å². The Morgan fingerprint density at radius 2 is 1.82 bits per heavy atom. The predicted octanol–water partition coefficient (Wildman–Crippen LogP) is 4.61. The van der Waals surface area contributed by atoms with E-state index in [-0.39, 0.29) is 16.5 Å². The highest BCUT2D eigenvalue weighted by molar-refractivity contribution is 14.1. The molecule has 2 aromatic rings. The number of nitrogens with zero attached hydrogens (tertiary/aromatic N) is 1.